The van der Waals surface area contributed by atoms with Crippen molar-refractivity contribution in [1.82, 2.24) is 9.36 Å². The topological polar surface area (TPSA) is 78.3 Å². The minimum Gasteiger partial charge on any atom is -0.504 e. The molecule has 0 saturated heterocycles. The second-order valence-corrected chi connectivity index (χ2v) is 5.54. The summed E-state index contributed by atoms with van der Waals surface area (Å²) in [5, 5.41) is 22.7. The molecular weight excluding hydrogens is 298 g/mol. The number of nitrogens with one attached hydrogen (secondary N) is 1. The Morgan fingerprint density at radius 1 is 1.00 bits per heavy atom. The van der Waals surface area contributed by atoms with Gasteiger partial charge in [-0.3, -0.25) is 0 Å². The highest BCUT2D eigenvalue weighted by Gasteiger charge is 2.06. The molecule has 3 rings (SSSR count). The summed E-state index contributed by atoms with van der Waals surface area (Å²) in [5.41, 5.74) is 1.94. The SMILES string of the molecule is Oc1ccc(CCNc2nc(-c3ccccc3)ns2)cc1O. The molecule has 112 valence electrons. The molecule has 0 aliphatic heterocycles. The van der Waals surface area contributed by atoms with E-state index in [0.717, 1.165) is 22.1 Å². The van der Waals surface area contributed by atoms with Crippen LogP contribution in [0, 0.1) is 0 Å². The largest absolute Gasteiger partial charge is 0.504 e. The molecule has 0 aliphatic rings. The van der Waals surface area contributed by atoms with Gasteiger partial charge in [-0.2, -0.15) is 9.36 Å². The van der Waals surface area contributed by atoms with Crippen LogP contribution in [-0.2, 0) is 6.42 Å². The summed E-state index contributed by atoms with van der Waals surface area (Å²) < 4.78 is 4.33. The van der Waals surface area contributed by atoms with Gasteiger partial charge in [0.25, 0.3) is 0 Å². The van der Waals surface area contributed by atoms with Crippen LogP contribution in [0.25, 0.3) is 11.4 Å². The number of benzene rings is 2. The van der Waals surface area contributed by atoms with Gasteiger partial charge in [0, 0.05) is 23.6 Å². The molecule has 3 N–H and O–H groups in total. The summed E-state index contributed by atoms with van der Waals surface area (Å²) in [4.78, 5) is 4.45. The number of anilines is 1. The summed E-state index contributed by atoms with van der Waals surface area (Å²) >= 11 is 1.32. The fourth-order valence-electron chi connectivity index (χ4n) is 2.04. The lowest BCUT2D eigenvalue weighted by atomic mass is 10.1. The van der Waals surface area contributed by atoms with Crippen LogP contribution in [0.4, 0.5) is 5.13 Å². The highest BCUT2D eigenvalue weighted by Crippen LogP contribution is 2.25. The van der Waals surface area contributed by atoms with Crippen LogP contribution in [0.15, 0.2) is 48.5 Å². The Morgan fingerprint density at radius 3 is 2.59 bits per heavy atom. The van der Waals surface area contributed by atoms with Gasteiger partial charge in [0.2, 0.25) is 5.13 Å². The molecule has 0 radical (unpaired) electrons. The summed E-state index contributed by atoms with van der Waals surface area (Å²) in [6, 6.07) is 14.7. The molecule has 3 aromatic rings. The average molecular weight is 313 g/mol. The maximum Gasteiger partial charge on any atom is 0.202 e. The zero-order chi connectivity index (χ0) is 15.4. The first-order valence-corrected chi connectivity index (χ1v) is 7.63. The van der Waals surface area contributed by atoms with Crippen molar-refractivity contribution in [3.63, 3.8) is 0 Å². The van der Waals surface area contributed by atoms with Crippen LogP contribution >= 0.6 is 11.5 Å². The van der Waals surface area contributed by atoms with Gasteiger partial charge in [0.1, 0.15) is 0 Å². The summed E-state index contributed by atoms with van der Waals surface area (Å²) in [7, 11) is 0. The van der Waals surface area contributed by atoms with E-state index in [1.807, 2.05) is 30.3 Å². The molecule has 0 amide bonds. The van der Waals surface area contributed by atoms with E-state index in [1.54, 1.807) is 12.1 Å². The Bertz CT molecular complexity index is 759. The van der Waals surface area contributed by atoms with Crippen molar-refractivity contribution in [2.24, 2.45) is 0 Å². The van der Waals surface area contributed by atoms with E-state index < -0.39 is 0 Å². The third-order valence-corrected chi connectivity index (χ3v) is 3.86. The van der Waals surface area contributed by atoms with E-state index >= 15 is 0 Å². The third-order valence-electron chi connectivity index (χ3n) is 3.19. The molecule has 6 heteroatoms. The first-order valence-electron chi connectivity index (χ1n) is 6.86. The van der Waals surface area contributed by atoms with Crippen molar-refractivity contribution in [1.29, 1.82) is 0 Å². The smallest absolute Gasteiger partial charge is 0.202 e. The third kappa shape index (κ3) is 3.35. The summed E-state index contributed by atoms with van der Waals surface area (Å²) in [6.07, 6.45) is 0.716. The van der Waals surface area contributed by atoms with E-state index in [-0.39, 0.29) is 11.5 Å². The molecule has 0 aliphatic carbocycles. The zero-order valence-corrected chi connectivity index (χ0v) is 12.5. The van der Waals surface area contributed by atoms with Crippen LogP contribution < -0.4 is 5.32 Å². The predicted molar refractivity (Wildman–Crippen MR) is 87.3 cm³/mol. The number of nitrogens with zero attached hydrogens (tertiary/aromatic N) is 2. The summed E-state index contributed by atoms with van der Waals surface area (Å²) in [5.74, 6) is 0.517. The minimum absolute atomic E-state index is 0.0974. The normalized spacial score (nSPS) is 10.5. The molecule has 0 unspecified atom stereocenters. The van der Waals surface area contributed by atoms with Crippen molar-refractivity contribution in [3.8, 4) is 22.9 Å². The first kappa shape index (κ1) is 14.3. The van der Waals surface area contributed by atoms with Crippen LogP contribution in [0.3, 0.4) is 0 Å². The van der Waals surface area contributed by atoms with E-state index in [0.29, 0.717) is 13.0 Å². The Kier molecular flexibility index (Phi) is 4.20. The van der Waals surface area contributed by atoms with Gasteiger partial charge in [0.15, 0.2) is 17.3 Å². The van der Waals surface area contributed by atoms with Gasteiger partial charge in [0.05, 0.1) is 0 Å². The van der Waals surface area contributed by atoms with Gasteiger partial charge in [-0.25, -0.2) is 0 Å². The van der Waals surface area contributed by atoms with Crippen molar-refractivity contribution >= 4 is 16.7 Å². The van der Waals surface area contributed by atoms with Gasteiger partial charge in [-0.15, -0.1) is 0 Å². The Morgan fingerprint density at radius 2 is 1.82 bits per heavy atom. The average Bonchev–Trinajstić information content (AvgIpc) is 3.01. The molecule has 0 fully saturated rings. The monoisotopic (exact) mass is 313 g/mol. The molecular formula is C16H15N3O2S. The van der Waals surface area contributed by atoms with Gasteiger partial charge < -0.3 is 15.5 Å². The van der Waals surface area contributed by atoms with Crippen LogP contribution in [-0.4, -0.2) is 26.1 Å². The molecule has 22 heavy (non-hydrogen) atoms. The first-order chi connectivity index (χ1) is 10.7. The molecule has 2 aromatic carbocycles. The van der Waals surface area contributed by atoms with Gasteiger partial charge in [-0.1, -0.05) is 36.4 Å². The standard InChI is InChI=1S/C16H15N3O2S/c20-13-7-6-11(10-14(13)21)8-9-17-16-18-15(19-22-16)12-4-2-1-3-5-12/h1-7,10,20-21H,8-9H2,(H,17,18,19). The molecule has 0 saturated carbocycles. The van der Waals surface area contributed by atoms with Crippen LogP contribution in [0.2, 0.25) is 0 Å². The maximum absolute atomic E-state index is 9.46. The maximum atomic E-state index is 9.46. The lowest BCUT2D eigenvalue weighted by Gasteiger charge is -2.04. The predicted octanol–water partition coefficient (Wildman–Crippen LogP) is 3.27. The number of phenolic OH excluding ortho intramolecular Hbond substituents is 2. The number of aromatic nitrogens is 2. The van der Waals surface area contributed by atoms with Gasteiger partial charge in [-0.05, 0) is 24.1 Å². The fraction of sp³-hybridized carbons (Fsp3) is 0.125. The lowest BCUT2D eigenvalue weighted by Crippen LogP contribution is -2.04. The quantitative estimate of drug-likeness (QED) is 0.630. The van der Waals surface area contributed by atoms with Crippen LogP contribution in [0.5, 0.6) is 11.5 Å². The zero-order valence-electron chi connectivity index (χ0n) is 11.7. The fourth-order valence-corrected chi connectivity index (χ4v) is 2.65. The molecule has 0 bridgehead atoms. The van der Waals surface area contributed by atoms with Crippen molar-refractivity contribution in [2.75, 3.05) is 11.9 Å². The molecule has 0 spiro atoms. The van der Waals surface area contributed by atoms with Crippen molar-refractivity contribution in [3.05, 3.63) is 54.1 Å². The van der Waals surface area contributed by atoms with E-state index in [2.05, 4.69) is 14.7 Å². The number of hydrogen-bond donors (Lipinski definition) is 3. The molecule has 1 aromatic heterocycles. The molecule has 5 nitrogen and oxygen atoms in total. The van der Waals surface area contributed by atoms with Gasteiger partial charge >= 0.3 is 0 Å². The lowest BCUT2D eigenvalue weighted by molar-refractivity contribution is 0.403. The highest BCUT2D eigenvalue weighted by atomic mass is 32.1. The van der Waals surface area contributed by atoms with E-state index in [4.69, 9.17) is 0 Å². The number of hydrogen-bond acceptors (Lipinski definition) is 6. The number of rotatable bonds is 5. The minimum atomic E-state index is -0.103. The van der Waals surface area contributed by atoms with Crippen LogP contribution in [0.1, 0.15) is 5.56 Å². The highest BCUT2D eigenvalue weighted by molar-refractivity contribution is 7.09. The Hall–Kier alpha value is -2.60. The second-order valence-electron chi connectivity index (χ2n) is 4.79. The van der Waals surface area contributed by atoms with E-state index in [1.165, 1.54) is 17.6 Å². The Balaban J connectivity index is 1.58. The number of aromatic hydroxyl groups is 2. The molecule has 0 atom stereocenters. The van der Waals surface area contributed by atoms with E-state index in [9.17, 15) is 10.2 Å². The van der Waals surface area contributed by atoms with Crippen molar-refractivity contribution < 1.29 is 10.2 Å². The second kappa shape index (κ2) is 6.44. The molecule has 1 heterocycles. The van der Waals surface area contributed by atoms with Crippen molar-refractivity contribution in [2.45, 2.75) is 6.42 Å². The summed E-state index contributed by atoms with van der Waals surface area (Å²) in [6.45, 7) is 0.674. The Labute approximate surface area is 132 Å². The number of phenols is 2.